The van der Waals surface area contributed by atoms with Gasteiger partial charge in [0.1, 0.15) is 0 Å². The van der Waals surface area contributed by atoms with Crippen molar-refractivity contribution >= 4 is 11.9 Å². The van der Waals surface area contributed by atoms with E-state index in [9.17, 15) is 14.7 Å². The zero-order valence-corrected chi connectivity index (χ0v) is 10.8. The fourth-order valence-corrected chi connectivity index (χ4v) is 2.35. The molecule has 4 heteroatoms. The molecule has 1 amide bonds. The van der Waals surface area contributed by atoms with Crippen LogP contribution in [0, 0.1) is 0 Å². The summed E-state index contributed by atoms with van der Waals surface area (Å²) in [4.78, 5) is 23.4. The number of carbonyl (C=O) groups excluding carboxylic acids is 1. The molecular formula is C15H17NO3. The highest BCUT2D eigenvalue weighted by Gasteiger charge is 2.25. The molecule has 2 N–H and O–H groups in total. The Bertz CT molecular complexity index is 519. The molecule has 2 rings (SSSR count). The molecule has 1 atom stereocenters. The maximum absolute atomic E-state index is 12.1. The Balaban J connectivity index is 2.17. The summed E-state index contributed by atoms with van der Waals surface area (Å²) in [6, 6.07) is 7.75. The molecule has 1 aromatic carbocycles. The first kappa shape index (κ1) is 13.3. The van der Waals surface area contributed by atoms with Crippen LogP contribution in [0.25, 0.3) is 0 Å². The number of nitrogens with one attached hydrogen (secondary N) is 1. The Morgan fingerprint density at radius 2 is 1.89 bits per heavy atom. The summed E-state index contributed by atoms with van der Waals surface area (Å²) < 4.78 is 0. The van der Waals surface area contributed by atoms with Gasteiger partial charge in [0.05, 0.1) is 0 Å². The minimum absolute atomic E-state index is 0.258. The number of allylic oxidation sites excluding steroid dienone is 1. The summed E-state index contributed by atoms with van der Waals surface area (Å²) in [5, 5.41) is 11.9. The van der Waals surface area contributed by atoms with Crippen molar-refractivity contribution in [3.8, 4) is 0 Å². The fourth-order valence-electron chi connectivity index (χ4n) is 2.35. The summed E-state index contributed by atoms with van der Waals surface area (Å²) >= 11 is 0. The minimum Gasteiger partial charge on any atom is -0.479 e. The lowest BCUT2D eigenvalue weighted by Gasteiger charge is -2.15. The summed E-state index contributed by atoms with van der Waals surface area (Å²) in [5.41, 5.74) is 2.39. The van der Waals surface area contributed by atoms with Gasteiger partial charge in [0.15, 0.2) is 6.04 Å². The first-order valence-corrected chi connectivity index (χ1v) is 6.37. The van der Waals surface area contributed by atoms with Gasteiger partial charge in [-0.15, -0.1) is 0 Å². The van der Waals surface area contributed by atoms with Crippen LogP contribution in [0.4, 0.5) is 0 Å². The lowest BCUT2D eigenvalue weighted by molar-refractivity contribution is -0.141. The van der Waals surface area contributed by atoms with Gasteiger partial charge in [0.25, 0.3) is 0 Å². The lowest BCUT2D eigenvalue weighted by Crippen LogP contribution is -2.34. The van der Waals surface area contributed by atoms with Crippen LogP contribution in [0.15, 0.2) is 41.5 Å². The van der Waals surface area contributed by atoms with Gasteiger partial charge < -0.3 is 10.4 Å². The summed E-state index contributed by atoms with van der Waals surface area (Å²) in [5.74, 6) is -1.30. The third-order valence-electron chi connectivity index (χ3n) is 3.42. The van der Waals surface area contributed by atoms with Crippen LogP contribution in [0.2, 0.25) is 0 Å². The van der Waals surface area contributed by atoms with Crippen molar-refractivity contribution in [2.45, 2.75) is 32.2 Å². The van der Waals surface area contributed by atoms with Crippen molar-refractivity contribution in [3.63, 3.8) is 0 Å². The van der Waals surface area contributed by atoms with E-state index in [1.54, 1.807) is 24.3 Å². The zero-order valence-electron chi connectivity index (χ0n) is 10.8. The summed E-state index contributed by atoms with van der Waals surface area (Å²) in [6.07, 6.45) is 2.63. The topological polar surface area (TPSA) is 66.4 Å². The molecule has 0 fully saturated rings. The van der Waals surface area contributed by atoms with E-state index in [1.165, 1.54) is 0 Å². The monoisotopic (exact) mass is 259 g/mol. The van der Waals surface area contributed by atoms with Crippen molar-refractivity contribution in [1.29, 1.82) is 0 Å². The van der Waals surface area contributed by atoms with E-state index in [4.69, 9.17) is 0 Å². The average Bonchev–Trinajstić information content (AvgIpc) is 2.82. The molecule has 19 heavy (non-hydrogen) atoms. The van der Waals surface area contributed by atoms with Crippen molar-refractivity contribution in [3.05, 3.63) is 47.0 Å². The molecule has 4 nitrogen and oxygen atoms in total. The van der Waals surface area contributed by atoms with Crippen molar-refractivity contribution < 1.29 is 14.7 Å². The number of aliphatic carboxylic acids is 1. The van der Waals surface area contributed by atoms with Gasteiger partial charge in [-0.25, -0.2) is 4.79 Å². The molecule has 0 bridgehead atoms. The molecule has 0 heterocycles. The molecule has 0 aromatic heterocycles. The first-order chi connectivity index (χ1) is 9.09. The Morgan fingerprint density at radius 1 is 1.21 bits per heavy atom. The largest absolute Gasteiger partial charge is 0.479 e. The summed E-state index contributed by atoms with van der Waals surface area (Å²) in [7, 11) is 0. The molecule has 0 aliphatic heterocycles. The zero-order chi connectivity index (χ0) is 13.8. The average molecular weight is 259 g/mol. The van der Waals surface area contributed by atoms with Gasteiger partial charge in [-0.2, -0.15) is 0 Å². The van der Waals surface area contributed by atoms with Crippen LogP contribution in [0.1, 0.15) is 37.8 Å². The molecule has 1 unspecified atom stereocenters. The van der Waals surface area contributed by atoms with E-state index >= 15 is 0 Å². The van der Waals surface area contributed by atoms with Crippen molar-refractivity contribution in [1.82, 2.24) is 5.32 Å². The van der Waals surface area contributed by atoms with Gasteiger partial charge >= 0.3 is 5.97 Å². The molecular weight excluding hydrogens is 242 g/mol. The Labute approximate surface area is 112 Å². The van der Waals surface area contributed by atoms with Gasteiger partial charge in [0, 0.05) is 5.57 Å². The van der Waals surface area contributed by atoms with Crippen LogP contribution in [-0.2, 0) is 9.59 Å². The lowest BCUT2D eigenvalue weighted by atomic mass is 10.1. The number of hydrogen-bond donors (Lipinski definition) is 2. The maximum atomic E-state index is 12.1. The molecule has 1 aliphatic rings. The Morgan fingerprint density at radius 3 is 2.42 bits per heavy atom. The van der Waals surface area contributed by atoms with Gasteiger partial charge in [-0.1, -0.05) is 35.9 Å². The maximum Gasteiger partial charge on any atom is 0.330 e. The fraction of sp³-hybridized carbons (Fsp3) is 0.333. The third-order valence-corrected chi connectivity index (χ3v) is 3.42. The SMILES string of the molecule is CC1=C(C(=O)NC(C(=O)O)c2ccccc2)CCC1. The van der Waals surface area contributed by atoms with Crippen LogP contribution in [0.5, 0.6) is 0 Å². The number of benzene rings is 1. The van der Waals surface area contributed by atoms with Crippen molar-refractivity contribution in [2.24, 2.45) is 0 Å². The van der Waals surface area contributed by atoms with Crippen molar-refractivity contribution in [2.75, 3.05) is 0 Å². The van der Waals surface area contributed by atoms with Gasteiger partial charge in [0.2, 0.25) is 5.91 Å². The van der Waals surface area contributed by atoms with Crippen LogP contribution in [0.3, 0.4) is 0 Å². The van der Waals surface area contributed by atoms with E-state index in [-0.39, 0.29) is 5.91 Å². The second-order valence-corrected chi connectivity index (χ2v) is 4.77. The highest BCUT2D eigenvalue weighted by Crippen LogP contribution is 2.26. The predicted molar refractivity (Wildman–Crippen MR) is 71.5 cm³/mol. The van der Waals surface area contributed by atoms with Gasteiger partial charge in [-0.05, 0) is 31.7 Å². The van der Waals surface area contributed by atoms with E-state index < -0.39 is 12.0 Å². The van der Waals surface area contributed by atoms with Gasteiger partial charge in [-0.3, -0.25) is 4.79 Å². The van der Waals surface area contributed by atoms with E-state index in [0.717, 1.165) is 30.4 Å². The number of carboxylic acid groups (broad SMARTS) is 1. The third kappa shape index (κ3) is 3.02. The molecule has 0 spiro atoms. The molecule has 1 aromatic rings. The standard InChI is InChI=1S/C15H17NO3/c1-10-6-5-9-12(10)14(17)16-13(15(18)19)11-7-3-2-4-8-11/h2-4,7-8,13H,5-6,9H2,1H3,(H,16,17)(H,18,19). The van der Waals surface area contributed by atoms with E-state index in [0.29, 0.717) is 5.56 Å². The van der Waals surface area contributed by atoms with Crippen LogP contribution >= 0.6 is 0 Å². The second-order valence-electron chi connectivity index (χ2n) is 4.77. The number of hydrogen-bond acceptors (Lipinski definition) is 2. The predicted octanol–water partition coefficient (Wildman–Crippen LogP) is 2.43. The van der Waals surface area contributed by atoms with Crippen LogP contribution in [-0.4, -0.2) is 17.0 Å². The Hall–Kier alpha value is -2.10. The smallest absolute Gasteiger partial charge is 0.330 e. The number of carbonyl (C=O) groups is 2. The normalized spacial score (nSPS) is 16.3. The highest BCUT2D eigenvalue weighted by atomic mass is 16.4. The molecule has 0 saturated heterocycles. The van der Waals surface area contributed by atoms with Crippen LogP contribution < -0.4 is 5.32 Å². The Kier molecular flexibility index (Phi) is 4.00. The molecule has 0 saturated carbocycles. The van der Waals surface area contributed by atoms with E-state index in [1.807, 2.05) is 13.0 Å². The quantitative estimate of drug-likeness (QED) is 0.872. The number of amides is 1. The number of rotatable bonds is 4. The molecule has 1 aliphatic carbocycles. The molecule has 0 radical (unpaired) electrons. The second kappa shape index (κ2) is 5.69. The minimum atomic E-state index is -1.05. The summed E-state index contributed by atoms with van der Waals surface area (Å²) in [6.45, 7) is 1.93. The van der Waals surface area contributed by atoms with E-state index in [2.05, 4.69) is 5.32 Å². The highest BCUT2D eigenvalue weighted by molar-refractivity contribution is 5.97. The first-order valence-electron chi connectivity index (χ1n) is 6.37. The molecule has 100 valence electrons. The number of carboxylic acids is 1.